The van der Waals surface area contributed by atoms with Crippen LogP contribution < -0.4 is 11.3 Å². The van der Waals surface area contributed by atoms with E-state index in [1.165, 1.54) is 15.3 Å². The first-order chi connectivity index (χ1) is 9.17. The Bertz CT molecular complexity index is 528. The minimum Gasteiger partial charge on any atom is -0.271 e. The highest BCUT2D eigenvalue weighted by Gasteiger charge is 2.10. The van der Waals surface area contributed by atoms with E-state index in [9.17, 15) is 0 Å². The van der Waals surface area contributed by atoms with E-state index in [1.54, 1.807) is 11.3 Å². The van der Waals surface area contributed by atoms with Crippen molar-refractivity contribution >= 4 is 39.0 Å². The fourth-order valence-electron chi connectivity index (χ4n) is 1.77. The summed E-state index contributed by atoms with van der Waals surface area (Å²) in [5.41, 5.74) is 4.21. The quantitative estimate of drug-likeness (QED) is 0.466. The lowest BCUT2D eigenvalue weighted by Crippen LogP contribution is -2.38. The Hall–Kier alpha value is -0.330. The first-order valence-electron chi connectivity index (χ1n) is 6.06. The monoisotopic (exact) mass is 356 g/mol. The minimum absolute atomic E-state index is 0.288. The van der Waals surface area contributed by atoms with E-state index in [0.29, 0.717) is 0 Å². The molecule has 0 fully saturated rings. The van der Waals surface area contributed by atoms with Crippen LogP contribution in [0.4, 0.5) is 0 Å². The maximum atomic E-state index is 5.65. The van der Waals surface area contributed by atoms with Gasteiger partial charge in [-0.15, -0.1) is 23.1 Å². The van der Waals surface area contributed by atoms with Gasteiger partial charge in [-0.3, -0.25) is 11.3 Å². The molecule has 1 aromatic carbocycles. The van der Waals surface area contributed by atoms with Crippen molar-refractivity contribution < 1.29 is 0 Å². The number of nitrogens with two attached hydrogens (primary N) is 1. The molecule has 2 nitrogen and oxygen atoms in total. The summed E-state index contributed by atoms with van der Waals surface area (Å²) < 4.78 is 1.15. The van der Waals surface area contributed by atoms with E-state index in [1.807, 2.05) is 11.8 Å². The minimum atomic E-state index is 0.288. The zero-order chi connectivity index (χ0) is 13.7. The molecule has 0 bridgehead atoms. The SMILES string of the molecule is Cc1cccc(SCC(Cc2cc(Br)cs2)NN)c1. The molecule has 0 aliphatic rings. The summed E-state index contributed by atoms with van der Waals surface area (Å²) in [7, 11) is 0. The number of halogens is 1. The van der Waals surface area contributed by atoms with E-state index in [0.717, 1.165) is 16.6 Å². The molecule has 1 atom stereocenters. The third-order valence-corrected chi connectivity index (χ3v) is 5.62. The Morgan fingerprint density at radius 1 is 1.42 bits per heavy atom. The second kappa shape index (κ2) is 7.45. The van der Waals surface area contributed by atoms with Gasteiger partial charge in [-0.25, -0.2) is 0 Å². The molecule has 3 N–H and O–H groups in total. The predicted octanol–water partition coefficient (Wildman–Crippen LogP) is 3.99. The van der Waals surface area contributed by atoms with Crippen molar-refractivity contribution in [3.8, 4) is 0 Å². The molecule has 2 aromatic rings. The van der Waals surface area contributed by atoms with Crippen LogP contribution >= 0.6 is 39.0 Å². The van der Waals surface area contributed by atoms with Crippen molar-refractivity contribution in [1.82, 2.24) is 5.43 Å². The number of thioether (sulfide) groups is 1. The summed E-state index contributed by atoms with van der Waals surface area (Å²) in [5, 5.41) is 2.11. The van der Waals surface area contributed by atoms with Gasteiger partial charge in [-0.1, -0.05) is 17.7 Å². The number of hydrazine groups is 1. The maximum absolute atomic E-state index is 5.65. The number of nitrogens with one attached hydrogen (secondary N) is 1. The fourth-order valence-corrected chi connectivity index (χ4v) is 4.36. The normalized spacial score (nSPS) is 12.6. The molecule has 19 heavy (non-hydrogen) atoms. The highest BCUT2D eigenvalue weighted by atomic mass is 79.9. The second-order valence-electron chi connectivity index (χ2n) is 4.43. The molecule has 0 saturated carbocycles. The molecule has 1 unspecified atom stereocenters. The molecule has 1 heterocycles. The molecular formula is C14H17BrN2S2. The number of benzene rings is 1. The van der Waals surface area contributed by atoms with Crippen molar-refractivity contribution in [2.45, 2.75) is 24.3 Å². The van der Waals surface area contributed by atoms with Crippen LogP contribution in [0.2, 0.25) is 0 Å². The summed E-state index contributed by atoms with van der Waals surface area (Å²) in [5.74, 6) is 6.62. The predicted molar refractivity (Wildman–Crippen MR) is 88.7 cm³/mol. The Labute approximate surface area is 130 Å². The summed E-state index contributed by atoms with van der Waals surface area (Å²) >= 11 is 7.09. The van der Waals surface area contributed by atoms with Gasteiger partial charge in [0, 0.05) is 31.4 Å². The van der Waals surface area contributed by atoms with Crippen LogP contribution in [0.1, 0.15) is 10.4 Å². The Morgan fingerprint density at radius 2 is 2.26 bits per heavy atom. The molecule has 0 saturated heterocycles. The van der Waals surface area contributed by atoms with Gasteiger partial charge < -0.3 is 0 Å². The third kappa shape index (κ3) is 4.93. The summed E-state index contributed by atoms with van der Waals surface area (Å²) in [6.45, 7) is 2.12. The van der Waals surface area contributed by atoms with Crippen LogP contribution in [-0.4, -0.2) is 11.8 Å². The number of hydrogen-bond donors (Lipinski definition) is 2. The summed E-state index contributed by atoms with van der Waals surface area (Å²) in [6.07, 6.45) is 0.964. The molecule has 0 amide bonds. The van der Waals surface area contributed by atoms with Crippen LogP contribution in [0.3, 0.4) is 0 Å². The van der Waals surface area contributed by atoms with Gasteiger partial charge in [0.25, 0.3) is 0 Å². The van der Waals surface area contributed by atoms with Crippen molar-refractivity contribution in [2.75, 3.05) is 5.75 Å². The molecule has 0 aliphatic carbocycles. The summed E-state index contributed by atoms with van der Waals surface area (Å²) in [6, 6.07) is 11.0. The Balaban J connectivity index is 1.89. The molecular weight excluding hydrogens is 340 g/mol. The van der Waals surface area contributed by atoms with Crippen LogP contribution in [0.25, 0.3) is 0 Å². The first kappa shape index (κ1) is 15.1. The van der Waals surface area contributed by atoms with Crippen LogP contribution in [-0.2, 0) is 6.42 Å². The standard InChI is InChI=1S/C14H17BrN2S2/c1-10-3-2-4-13(5-10)19-9-12(17-16)7-14-6-11(15)8-18-14/h2-6,8,12,17H,7,9,16H2,1H3. The topological polar surface area (TPSA) is 38.0 Å². The number of aryl methyl sites for hydroxylation is 1. The molecule has 0 radical (unpaired) electrons. The van der Waals surface area contributed by atoms with E-state index in [2.05, 4.69) is 64.0 Å². The average Bonchev–Trinajstić information content (AvgIpc) is 2.80. The second-order valence-corrected chi connectivity index (χ2v) is 7.43. The average molecular weight is 357 g/mol. The molecule has 0 aliphatic heterocycles. The zero-order valence-electron chi connectivity index (χ0n) is 10.7. The van der Waals surface area contributed by atoms with Crippen molar-refractivity contribution in [1.29, 1.82) is 0 Å². The van der Waals surface area contributed by atoms with E-state index < -0.39 is 0 Å². The third-order valence-electron chi connectivity index (χ3n) is 2.75. The highest BCUT2D eigenvalue weighted by Crippen LogP contribution is 2.24. The van der Waals surface area contributed by atoms with Gasteiger partial charge in [0.05, 0.1) is 0 Å². The van der Waals surface area contributed by atoms with Crippen molar-refractivity contribution in [2.24, 2.45) is 5.84 Å². The number of rotatable bonds is 6. The Kier molecular flexibility index (Phi) is 5.91. The van der Waals surface area contributed by atoms with Gasteiger partial charge in [-0.2, -0.15) is 0 Å². The van der Waals surface area contributed by atoms with Crippen molar-refractivity contribution in [3.05, 3.63) is 50.6 Å². The van der Waals surface area contributed by atoms with E-state index in [4.69, 9.17) is 5.84 Å². The maximum Gasteiger partial charge on any atom is 0.0352 e. The fraction of sp³-hybridized carbons (Fsp3) is 0.286. The van der Waals surface area contributed by atoms with E-state index in [-0.39, 0.29) is 6.04 Å². The lowest BCUT2D eigenvalue weighted by molar-refractivity contribution is 0.579. The molecule has 5 heteroatoms. The smallest absolute Gasteiger partial charge is 0.0352 e. The number of thiophene rings is 1. The van der Waals surface area contributed by atoms with Gasteiger partial charge in [0.2, 0.25) is 0 Å². The lowest BCUT2D eigenvalue weighted by atomic mass is 10.2. The highest BCUT2D eigenvalue weighted by molar-refractivity contribution is 9.10. The van der Waals surface area contributed by atoms with Crippen LogP contribution in [0, 0.1) is 6.92 Å². The molecule has 1 aromatic heterocycles. The molecule has 102 valence electrons. The van der Waals surface area contributed by atoms with Gasteiger partial charge >= 0.3 is 0 Å². The largest absolute Gasteiger partial charge is 0.271 e. The van der Waals surface area contributed by atoms with E-state index >= 15 is 0 Å². The summed E-state index contributed by atoms with van der Waals surface area (Å²) in [4.78, 5) is 2.65. The Morgan fingerprint density at radius 3 is 2.89 bits per heavy atom. The van der Waals surface area contributed by atoms with Crippen molar-refractivity contribution in [3.63, 3.8) is 0 Å². The molecule has 0 spiro atoms. The molecule has 2 rings (SSSR count). The van der Waals surface area contributed by atoms with Gasteiger partial charge in [0.15, 0.2) is 0 Å². The van der Waals surface area contributed by atoms with Gasteiger partial charge in [0.1, 0.15) is 0 Å². The van der Waals surface area contributed by atoms with Crippen LogP contribution in [0.5, 0.6) is 0 Å². The lowest BCUT2D eigenvalue weighted by Gasteiger charge is -2.14. The van der Waals surface area contributed by atoms with Crippen LogP contribution in [0.15, 0.2) is 45.1 Å². The zero-order valence-corrected chi connectivity index (χ0v) is 13.9. The van der Waals surface area contributed by atoms with Gasteiger partial charge in [-0.05, 0) is 47.5 Å². The number of hydrogen-bond acceptors (Lipinski definition) is 4. The first-order valence-corrected chi connectivity index (χ1v) is 8.71.